The van der Waals surface area contributed by atoms with Gasteiger partial charge in [0, 0.05) is 34.5 Å². The van der Waals surface area contributed by atoms with Crippen LogP contribution in [0.1, 0.15) is 33.6 Å². The molecular formula is C21H25BrF3N3O4S. The summed E-state index contributed by atoms with van der Waals surface area (Å²) in [5.41, 5.74) is 1.67. The number of amides is 1. The highest BCUT2D eigenvalue weighted by molar-refractivity contribution is 9.10. The number of hydrogen-bond acceptors (Lipinski definition) is 6. The Hall–Kier alpha value is -2.34. The number of rotatable bonds is 3. The fraction of sp³-hybridized carbons (Fsp3) is 0.476. The van der Waals surface area contributed by atoms with Gasteiger partial charge in [-0.1, -0.05) is 28.1 Å². The van der Waals surface area contributed by atoms with Crippen molar-refractivity contribution in [2.24, 2.45) is 0 Å². The van der Waals surface area contributed by atoms with E-state index in [1.165, 1.54) is 0 Å². The van der Waals surface area contributed by atoms with Gasteiger partial charge in [-0.3, -0.25) is 0 Å². The lowest BCUT2D eigenvalue weighted by Gasteiger charge is -2.32. The van der Waals surface area contributed by atoms with Gasteiger partial charge in [0.15, 0.2) is 5.13 Å². The molecule has 33 heavy (non-hydrogen) atoms. The molecule has 7 nitrogen and oxygen atoms in total. The first-order valence-electron chi connectivity index (χ1n) is 10.0. The van der Waals surface area contributed by atoms with Gasteiger partial charge >= 0.3 is 18.2 Å². The van der Waals surface area contributed by atoms with Crippen molar-refractivity contribution in [1.29, 1.82) is 0 Å². The van der Waals surface area contributed by atoms with Gasteiger partial charge in [-0.15, -0.1) is 11.3 Å². The second-order valence-corrected chi connectivity index (χ2v) is 9.98. The van der Waals surface area contributed by atoms with E-state index >= 15 is 0 Å². The summed E-state index contributed by atoms with van der Waals surface area (Å²) in [6.45, 7) is 7.39. The number of aromatic nitrogens is 1. The van der Waals surface area contributed by atoms with Crippen molar-refractivity contribution in [3.05, 3.63) is 34.1 Å². The molecule has 1 aliphatic heterocycles. The van der Waals surface area contributed by atoms with Crippen molar-refractivity contribution in [1.82, 2.24) is 10.3 Å². The van der Waals surface area contributed by atoms with E-state index in [0.29, 0.717) is 0 Å². The largest absolute Gasteiger partial charge is 0.490 e. The first-order valence-corrected chi connectivity index (χ1v) is 11.7. The molecule has 1 aliphatic rings. The van der Waals surface area contributed by atoms with Gasteiger partial charge in [0.25, 0.3) is 0 Å². The maximum atomic E-state index is 11.9. The van der Waals surface area contributed by atoms with Gasteiger partial charge in [0.05, 0.1) is 5.69 Å². The summed E-state index contributed by atoms with van der Waals surface area (Å²) < 4.78 is 38.1. The second kappa shape index (κ2) is 11.2. The lowest BCUT2D eigenvalue weighted by atomic mass is 10.1. The average molecular weight is 552 g/mol. The highest BCUT2D eigenvalue weighted by Crippen LogP contribution is 2.30. The van der Waals surface area contributed by atoms with Crippen LogP contribution in [0.5, 0.6) is 0 Å². The molecule has 0 aliphatic carbocycles. The number of aliphatic carboxylic acids is 1. The van der Waals surface area contributed by atoms with Gasteiger partial charge in [-0.25, -0.2) is 14.6 Å². The number of benzene rings is 1. The van der Waals surface area contributed by atoms with Crippen molar-refractivity contribution < 1.29 is 32.6 Å². The van der Waals surface area contributed by atoms with E-state index in [1.807, 2.05) is 32.9 Å². The maximum Gasteiger partial charge on any atom is 0.490 e. The highest BCUT2D eigenvalue weighted by atomic mass is 79.9. The second-order valence-electron chi connectivity index (χ2n) is 8.23. The van der Waals surface area contributed by atoms with E-state index in [4.69, 9.17) is 19.6 Å². The molecule has 2 heterocycles. The van der Waals surface area contributed by atoms with Crippen LogP contribution < -0.4 is 10.2 Å². The molecule has 0 spiro atoms. The molecule has 2 N–H and O–H groups in total. The monoisotopic (exact) mass is 551 g/mol. The number of carboxylic acid groups (broad SMARTS) is 1. The zero-order chi connectivity index (χ0) is 24.8. The number of anilines is 1. The number of nitrogens with one attached hydrogen (secondary N) is 1. The van der Waals surface area contributed by atoms with E-state index in [1.54, 1.807) is 11.3 Å². The van der Waals surface area contributed by atoms with Crippen LogP contribution in [0, 0.1) is 0 Å². The van der Waals surface area contributed by atoms with Crippen LogP contribution in [0.15, 0.2) is 34.1 Å². The van der Waals surface area contributed by atoms with E-state index in [9.17, 15) is 18.0 Å². The standard InChI is InChI=1S/C19H24BrN3O2S.C2HF3O2/c1-19(2,3)25-18(24)21-15-8-10-23(11-9-15)17-22-16(12-26-17)13-4-6-14(20)7-5-13;3-2(4,5)1(6)7/h4-7,12,15H,8-11H2,1-3H3,(H,21,24);(H,6,7). The minimum absolute atomic E-state index is 0.159. The molecule has 3 rings (SSSR count). The number of ether oxygens (including phenoxy) is 1. The van der Waals surface area contributed by atoms with Gasteiger partial charge in [-0.05, 0) is 45.7 Å². The summed E-state index contributed by atoms with van der Waals surface area (Å²) in [6, 6.07) is 8.36. The minimum atomic E-state index is -5.08. The summed E-state index contributed by atoms with van der Waals surface area (Å²) in [7, 11) is 0. The molecule has 1 saturated heterocycles. The quantitative estimate of drug-likeness (QED) is 0.508. The van der Waals surface area contributed by atoms with Crippen molar-refractivity contribution in [2.45, 2.75) is 51.4 Å². The Morgan fingerprint density at radius 2 is 1.73 bits per heavy atom. The van der Waals surface area contributed by atoms with Crippen LogP contribution in [-0.2, 0) is 9.53 Å². The molecule has 0 atom stereocenters. The fourth-order valence-corrected chi connectivity index (χ4v) is 4.00. The number of alkyl halides is 3. The molecule has 2 aromatic rings. The van der Waals surface area contributed by atoms with Gasteiger partial charge in [0.1, 0.15) is 5.60 Å². The van der Waals surface area contributed by atoms with Crippen molar-refractivity contribution >= 4 is 44.5 Å². The molecule has 1 aromatic carbocycles. The normalized spacial score (nSPS) is 14.8. The smallest absolute Gasteiger partial charge is 0.475 e. The average Bonchev–Trinajstić information content (AvgIpc) is 3.17. The van der Waals surface area contributed by atoms with Gasteiger partial charge < -0.3 is 20.1 Å². The Balaban J connectivity index is 0.000000479. The molecule has 0 radical (unpaired) electrons. The molecule has 0 bridgehead atoms. The third-order valence-corrected chi connectivity index (χ3v) is 5.79. The number of thiazole rings is 1. The first kappa shape index (κ1) is 26.9. The number of alkyl carbamates (subject to hydrolysis) is 1. The zero-order valence-electron chi connectivity index (χ0n) is 18.3. The number of halogens is 4. The Morgan fingerprint density at radius 3 is 2.21 bits per heavy atom. The van der Waals surface area contributed by atoms with Gasteiger partial charge in [-0.2, -0.15) is 13.2 Å². The predicted octanol–water partition coefficient (Wildman–Crippen LogP) is 5.70. The summed E-state index contributed by atoms with van der Waals surface area (Å²) in [4.78, 5) is 27.9. The van der Waals surface area contributed by atoms with E-state index < -0.39 is 17.7 Å². The molecule has 1 fully saturated rings. The van der Waals surface area contributed by atoms with Crippen LogP contribution in [0.2, 0.25) is 0 Å². The summed E-state index contributed by atoms with van der Waals surface area (Å²) in [5, 5.41) is 13.2. The molecular weight excluding hydrogens is 527 g/mol. The maximum absolute atomic E-state index is 11.9. The van der Waals surface area contributed by atoms with Crippen LogP contribution in [0.25, 0.3) is 11.3 Å². The van der Waals surface area contributed by atoms with E-state index in [2.05, 4.69) is 43.7 Å². The Labute approximate surface area is 202 Å². The Bertz CT molecular complexity index is 937. The molecule has 1 aromatic heterocycles. The zero-order valence-corrected chi connectivity index (χ0v) is 20.7. The fourth-order valence-electron chi connectivity index (χ4n) is 2.85. The third-order valence-electron chi connectivity index (χ3n) is 4.36. The molecule has 0 unspecified atom stereocenters. The van der Waals surface area contributed by atoms with Crippen molar-refractivity contribution in [3.63, 3.8) is 0 Å². The lowest BCUT2D eigenvalue weighted by molar-refractivity contribution is -0.192. The molecule has 12 heteroatoms. The van der Waals surface area contributed by atoms with E-state index in [-0.39, 0.29) is 12.1 Å². The summed E-state index contributed by atoms with van der Waals surface area (Å²) in [5.74, 6) is -2.76. The number of carboxylic acids is 1. The lowest BCUT2D eigenvalue weighted by Crippen LogP contribution is -2.46. The van der Waals surface area contributed by atoms with Crippen LogP contribution in [0.4, 0.5) is 23.1 Å². The third kappa shape index (κ3) is 9.20. The van der Waals surface area contributed by atoms with Crippen LogP contribution in [0.3, 0.4) is 0 Å². The summed E-state index contributed by atoms with van der Waals surface area (Å²) in [6.07, 6.45) is -3.62. The first-order chi connectivity index (χ1) is 15.2. The SMILES string of the molecule is CC(C)(C)OC(=O)NC1CCN(c2nc(-c3ccc(Br)cc3)cs2)CC1.O=C(O)C(F)(F)F. The molecule has 0 saturated carbocycles. The minimum Gasteiger partial charge on any atom is -0.475 e. The molecule has 182 valence electrons. The number of carbonyl (C=O) groups is 2. The highest BCUT2D eigenvalue weighted by Gasteiger charge is 2.38. The number of carbonyl (C=O) groups excluding carboxylic acids is 1. The van der Waals surface area contributed by atoms with Crippen LogP contribution in [-0.4, -0.2) is 53.1 Å². The number of hydrogen-bond donors (Lipinski definition) is 2. The van der Waals surface area contributed by atoms with E-state index in [0.717, 1.165) is 46.8 Å². The van der Waals surface area contributed by atoms with Crippen LogP contribution >= 0.6 is 27.3 Å². The van der Waals surface area contributed by atoms with Crippen molar-refractivity contribution in [3.8, 4) is 11.3 Å². The Kier molecular flexibility index (Phi) is 9.12. The summed E-state index contributed by atoms with van der Waals surface area (Å²) >= 11 is 5.13. The van der Waals surface area contributed by atoms with Gasteiger partial charge in [0.2, 0.25) is 0 Å². The number of nitrogens with zero attached hydrogens (tertiary/aromatic N) is 2. The molecule has 1 amide bonds. The number of piperidine rings is 1. The predicted molar refractivity (Wildman–Crippen MR) is 124 cm³/mol. The Morgan fingerprint density at radius 1 is 1.18 bits per heavy atom. The topological polar surface area (TPSA) is 91.8 Å². The van der Waals surface area contributed by atoms with Crippen molar-refractivity contribution in [2.75, 3.05) is 18.0 Å².